The standard InChI is InChI=1S/C16H15BrClNO2/c1-19(10-11-4-3-5-13(8-11)21-2)16(20)14-7-6-12(18)9-15(14)17/h3-9H,10H2,1-2H3. The summed E-state index contributed by atoms with van der Waals surface area (Å²) in [5.41, 5.74) is 1.60. The molecule has 0 fully saturated rings. The molecule has 21 heavy (non-hydrogen) atoms. The van der Waals surface area contributed by atoms with Crippen molar-refractivity contribution in [3.8, 4) is 5.75 Å². The summed E-state index contributed by atoms with van der Waals surface area (Å²) in [6.07, 6.45) is 0. The number of rotatable bonds is 4. The van der Waals surface area contributed by atoms with E-state index in [-0.39, 0.29) is 5.91 Å². The van der Waals surface area contributed by atoms with Gasteiger partial charge in [-0.05, 0) is 51.8 Å². The van der Waals surface area contributed by atoms with E-state index >= 15 is 0 Å². The van der Waals surface area contributed by atoms with Crippen LogP contribution < -0.4 is 4.74 Å². The minimum absolute atomic E-state index is 0.0682. The van der Waals surface area contributed by atoms with Gasteiger partial charge in [-0.3, -0.25) is 4.79 Å². The molecule has 2 aromatic rings. The number of amides is 1. The highest BCUT2D eigenvalue weighted by Gasteiger charge is 2.15. The molecule has 0 N–H and O–H groups in total. The van der Waals surface area contributed by atoms with Gasteiger partial charge in [0.15, 0.2) is 0 Å². The Morgan fingerprint density at radius 1 is 1.29 bits per heavy atom. The van der Waals surface area contributed by atoms with E-state index in [1.54, 1.807) is 37.3 Å². The van der Waals surface area contributed by atoms with Crippen LogP contribution >= 0.6 is 27.5 Å². The fourth-order valence-corrected chi connectivity index (χ4v) is 2.84. The van der Waals surface area contributed by atoms with E-state index in [4.69, 9.17) is 16.3 Å². The van der Waals surface area contributed by atoms with E-state index in [1.165, 1.54) is 0 Å². The highest BCUT2D eigenvalue weighted by atomic mass is 79.9. The molecular formula is C16H15BrClNO2. The Morgan fingerprint density at radius 3 is 2.71 bits per heavy atom. The highest BCUT2D eigenvalue weighted by Crippen LogP contribution is 2.23. The first-order valence-corrected chi connectivity index (χ1v) is 7.52. The molecule has 0 spiro atoms. The lowest BCUT2D eigenvalue weighted by Crippen LogP contribution is -2.26. The van der Waals surface area contributed by atoms with Gasteiger partial charge < -0.3 is 9.64 Å². The number of nitrogens with zero attached hydrogens (tertiary/aromatic N) is 1. The highest BCUT2D eigenvalue weighted by molar-refractivity contribution is 9.10. The summed E-state index contributed by atoms with van der Waals surface area (Å²) in [6, 6.07) is 12.8. The van der Waals surface area contributed by atoms with Gasteiger partial charge in [0.2, 0.25) is 0 Å². The fraction of sp³-hybridized carbons (Fsp3) is 0.188. The second-order valence-corrected chi connectivity index (χ2v) is 5.93. The molecule has 0 saturated carbocycles. The lowest BCUT2D eigenvalue weighted by Gasteiger charge is -2.18. The lowest BCUT2D eigenvalue weighted by molar-refractivity contribution is 0.0784. The van der Waals surface area contributed by atoms with Crippen molar-refractivity contribution in [2.24, 2.45) is 0 Å². The monoisotopic (exact) mass is 367 g/mol. The van der Waals surface area contributed by atoms with Crippen LogP contribution in [0.4, 0.5) is 0 Å². The quantitative estimate of drug-likeness (QED) is 0.801. The van der Waals surface area contributed by atoms with Crippen LogP contribution in [0.1, 0.15) is 15.9 Å². The molecule has 2 rings (SSSR count). The molecule has 0 aliphatic carbocycles. The normalized spacial score (nSPS) is 10.3. The van der Waals surface area contributed by atoms with Crippen LogP contribution in [0.3, 0.4) is 0 Å². The van der Waals surface area contributed by atoms with Crippen LogP contribution in [0, 0.1) is 0 Å². The largest absolute Gasteiger partial charge is 0.497 e. The smallest absolute Gasteiger partial charge is 0.255 e. The summed E-state index contributed by atoms with van der Waals surface area (Å²) in [4.78, 5) is 14.1. The molecule has 0 bridgehead atoms. The van der Waals surface area contributed by atoms with Gasteiger partial charge in [0.25, 0.3) is 5.91 Å². The van der Waals surface area contributed by atoms with Crippen molar-refractivity contribution in [3.05, 3.63) is 63.1 Å². The topological polar surface area (TPSA) is 29.5 Å². The van der Waals surface area contributed by atoms with Crippen molar-refractivity contribution >= 4 is 33.4 Å². The number of carbonyl (C=O) groups is 1. The first-order chi connectivity index (χ1) is 10.0. The van der Waals surface area contributed by atoms with E-state index in [2.05, 4.69) is 15.9 Å². The number of hydrogen-bond donors (Lipinski definition) is 0. The second-order valence-electron chi connectivity index (χ2n) is 4.64. The van der Waals surface area contributed by atoms with Gasteiger partial charge in [0.1, 0.15) is 5.75 Å². The van der Waals surface area contributed by atoms with E-state index < -0.39 is 0 Å². The molecule has 1 amide bonds. The molecule has 5 heteroatoms. The Morgan fingerprint density at radius 2 is 2.05 bits per heavy atom. The summed E-state index contributed by atoms with van der Waals surface area (Å²) in [7, 11) is 3.39. The molecule has 3 nitrogen and oxygen atoms in total. The van der Waals surface area contributed by atoms with Crippen molar-refractivity contribution in [2.75, 3.05) is 14.2 Å². The van der Waals surface area contributed by atoms with E-state index in [0.29, 0.717) is 21.6 Å². The molecule has 0 saturated heterocycles. The van der Waals surface area contributed by atoms with Crippen molar-refractivity contribution in [3.63, 3.8) is 0 Å². The molecule has 0 heterocycles. The van der Waals surface area contributed by atoms with Gasteiger partial charge >= 0.3 is 0 Å². The van der Waals surface area contributed by atoms with Crippen LogP contribution in [0.25, 0.3) is 0 Å². The zero-order valence-electron chi connectivity index (χ0n) is 11.8. The predicted octanol–water partition coefficient (Wildman–Crippen LogP) is 4.38. The average Bonchev–Trinajstić information content (AvgIpc) is 2.46. The molecule has 2 aromatic carbocycles. The molecule has 0 aromatic heterocycles. The molecule has 0 radical (unpaired) electrons. The molecule has 0 atom stereocenters. The third-order valence-corrected chi connectivity index (χ3v) is 3.95. The number of carbonyl (C=O) groups excluding carboxylic acids is 1. The minimum Gasteiger partial charge on any atom is -0.497 e. The van der Waals surface area contributed by atoms with E-state index in [9.17, 15) is 4.79 Å². The lowest BCUT2D eigenvalue weighted by atomic mass is 10.1. The number of halogens is 2. The zero-order valence-corrected chi connectivity index (χ0v) is 14.1. The summed E-state index contributed by atoms with van der Waals surface area (Å²) in [6.45, 7) is 0.505. The molecule has 0 unspecified atom stereocenters. The number of methoxy groups -OCH3 is 1. The molecule has 0 aliphatic rings. The van der Waals surface area contributed by atoms with Crippen LogP contribution in [0.15, 0.2) is 46.9 Å². The van der Waals surface area contributed by atoms with Crippen molar-refractivity contribution in [1.29, 1.82) is 0 Å². The zero-order chi connectivity index (χ0) is 15.4. The maximum absolute atomic E-state index is 12.5. The van der Waals surface area contributed by atoms with Gasteiger partial charge in [-0.2, -0.15) is 0 Å². The number of ether oxygens (including phenoxy) is 1. The van der Waals surface area contributed by atoms with E-state index in [1.807, 2.05) is 24.3 Å². The van der Waals surface area contributed by atoms with Gasteiger partial charge in [-0.15, -0.1) is 0 Å². The third kappa shape index (κ3) is 3.99. The van der Waals surface area contributed by atoms with Gasteiger partial charge in [-0.25, -0.2) is 0 Å². The summed E-state index contributed by atoms with van der Waals surface area (Å²) in [5.74, 6) is 0.711. The Hall–Kier alpha value is -1.52. The number of hydrogen-bond acceptors (Lipinski definition) is 2. The summed E-state index contributed by atoms with van der Waals surface area (Å²) < 4.78 is 5.88. The molecule has 110 valence electrons. The summed E-state index contributed by atoms with van der Waals surface area (Å²) in [5, 5.41) is 0.592. The van der Waals surface area contributed by atoms with Crippen molar-refractivity contribution in [1.82, 2.24) is 4.90 Å². The van der Waals surface area contributed by atoms with Crippen LogP contribution in [0.5, 0.6) is 5.75 Å². The van der Waals surface area contributed by atoms with Crippen LogP contribution in [-0.2, 0) is 6.54 Å². The van der Waals surface area contributed by atoms with Crippen molar-refractivity contribution in [2.45, 2.75) is 6.54 Å². The number of benzene rings is 2. The fourth-order valence-electron chi connectivity index (χ4n) is 1.99. The first-order valence-electron chi connectivity index (χ1n) is 6.34. The van der Waals surface area contributed by atoms with Gasteiger partial charge in [0.05, 0.1) is 12.7 Å². The van der Waals surface area contributed by atoms with Gasteiger partial charge in [0, 0.05) is 23.1 Å². The SMILES string of the molecule is COc1cccc(CN(C)C(=O)c2ccc(Cl)cc2Br)c1. The predicted molar refractivity (Wildman–Crippen MR) is 87.9 cm³/mol. The minimum atomic E-state index is -0.0682. The van der Waals surface area contributed by atoms with Gasteiger partial charge in [-0.1, -0.05) is 23.7 Å². The Labute approximate surface area is 137 Å². The Kier molecular flexibility index (Phi) is 5.26. The molecular weight excluding hydrogens is 354 g/mol. The Balaban J connectivity index is 2.15. The summed E-state index contributed by atoms with van der Waals surface area (Å²) >= 11 is 9.27. The second kappa shape index (κ2) is 6.96. The molecule has 0 aliphatic heterocycles. The average molecular weight is 369 g/mol. The maximum Gasteiger partial charge on any atom is 0.255 e. The maximum atomic E-state index is 12.5. The van der Waals surface area contributed by atoms with Crippen LogP contribution in [0.2, 0.25) is 5.02 Å². The Bertz CT molecular complexity index is 660. The van der Waals surface area contributed by atoms with E-state index in [0.717, 1.165) is 11.3 Å². The third-order valence-electron chi connectivity index (χ3n) is 3.06. The van der Waals surface area contributed by atoms with Crippen LogP contribution in [-0.4, -0.2) is 25.0 Å². The van der Waals surface area contributed by atoms with Crippen molar-refractivity contribution < 1.29 is 9.53 Å². The first kappa shape index (κ1) is 15.9.